The highest BCUT2D eigenvalue weighted by molar-refractivity contribution is 5.94. The van der Waals surface area contributed by atoms with Crippen molar-refractivity contribution in [2.45, 2.75) is 0 Å². The molecule has 0 saturated heterocycles. The molecule has 0 radical (unpaired) electrons. The summed E-state index contributed by atoms with van der Waals surface area (Å²) in [5, 5.41) is 11.4. The number of diazo groups is 1. The van der Waals surface area contributed by atoms with Crippen LogP contribution in [-0.4, -0.2) is 63.0 Å². The maximum absolute atomic E-state index is 11.9. The second-order valence-corrected chi connectivity index (χ2v) is 5.01. The van der Waals surface area contributed by atoms with Gasteiger partial charge >= 0.3 is 5.69 Å². The summed E-state index contributed by atoms with van der Waals surface area (Å²) in [7, 11) is 6.11. The zero-order valence-electron chi connectivity index (χ0n) is 12.3. The van der Waals surface area contributed by atoms with Gasteiger partial charge in [0.05, 0.1) is 0 Å². The van der Waals surface area contributed by atoms with Gasteiger partial charge in [-0.3, -0.25) is 4.79 Å². The SMILES string of the molecule is CN(C)CCN(C)CCNC(=O)c1ccc([N+]#N)cc1. The van der Waals surface area contributed by atoms with Crippen molar-refractivity contribution in [1.29, 1.82) is 5.39 Å². The highest BCUT2D eigenvalue weighted by Gasteiger charge is 2.08. The number of hydrogen-bond donors (Lipinski definition) is 1. The Morgan fingerprint density at radius 3 is 2.35 bits per heavy atom. The molecule has 0 unspecified atom stereocenters. The fraction of sp³-hybridized carbons (Fsp3) is 0.500. The molecule has 0 saturated carbocycles. The molecule has 0 aliphatic carbocycles. The Kier molecular flexibility index (Phi) is 6.64. The van der Waals surface area contributed by atoms with Crippen LogP contribution in [0.2, 0.25) is 0 Å². The van der Waals surface area contributed by atoms with Crippen LogP contribution in [0.15, 0.2) is 24.3 Å². The summed E-state index contributed by atoms with van der Waals surface area (Å²) in [5.74, 6) is -0.115. The lowest BCUT2D eigenvalue weighted by molar-refractivity contribution is 0.0949. The van der Waals surface area contributed by atoms with Gasteiger partial charge in [0.2, 0.25) is 5.39 Å². The molecule has 0 atom stereocenters. The van der Waals surface area contributed by atoms with Crippen LogP contribution in [0.25, 0.3) is 4.98 Å². The van der Waals surface area contributed by atoms with Crippen molar-refractivity contribution in [3.63, 3.8) is 0 Å². The second-order valence-electron chi connectivity index (χ2n) is 5.01. The molecule has 20 heavy (non-hydrogen) atoms. The molecular formula is C14H22N5O+. The Morgan fingerprint density at radius 1 is 1.15 bits per heavy atom. The van der Waals surface area contributed by atoms with Crippen LogP contribution in [0, 0.1) is 5.39 Å². The zero-order valence-corrected chi connectivity index (χ0v) is 12.3. The van der Waals surface area contributed by atoms with Crippen LogP contribution >= 0.6 is 0 Å². The number of amides is 1. The largest absolute Gasteiger partial charge is 0.385 e. The van der Waals surface area contributed by atoms with Crippen molar-refractivity contribution in [3.05, 3.63) is 34.8 Å². The summed E-state index contributed by atoms with van der Waals surface area (Å²) in [6, 6.07) is 6.47. The number of likely N-dealkylation sites (N-methyl/N-ethyl adjacent to an activating group) is 2. The minimum Gasteiger partial charge on any atom is -0.351 e. The Bertz CT molecular complexity index is 463. The lowest BCUT2D eigenvalue weighted by Gasteiger charge is -2.19. The molecule has 0 aliphatic heterocycles. The average molecular weight is 276 g/mol. The topological polar surface area (TPSA) is 63.7 Å². The van der Waals surface area contributed by atoms with Gasteiger partial charge in [0.25, 0.3) is 5.91 Å². The van der Waals surface area contributed by atoms with E-state index in [2.05, 4.69) is 20.1 Å². The van der Waals surface area contributed by atoms with E-state index in [1.165, 1.54) is 0 Å². The summed E-state index contributed by atoms with van der Waals surface area (Å²) < 4.78 is 0. The van der Waals surface area contributed by atoms with Crippen LogP contribution in [-0.2, 0) is 0 Å². The first-order valence-electron chi connectivity index (χ1n) is 6.59. The predicted molar refractivity (Wildman–Crippen MR) is 79.6 cm³/mol. The van der Waals surface area contributed by atoms with Crippen LogP contribution < -0.4 is 5.32 Å². The van der Waals surface area contributed by atoms with E-state index in [0.717, 1.165) is 19.6 Å². The third-order valence-corrected chi connectivity index (χ3v) is 2.95. The van der Waals surface area contributed by atoms with Crippen LogP contribution in [0.4, 0.5) is 5.69 Å². The molecule has 6 heteroatoms. The number of rotatable bonds is 7. The molecule has 1 aromatic carbocycles. The standard InChI is InChI=1S/C14H21N5O/c1-18(2)10-11-19(3)9-8-16-14(20)12-4-6-13(17-15)7-5-12/h4-7H,8-11H2,1-3H3/p+1. The van der Waals surface area contributed by atoms with Gasteiger partial charge in [-0.2, -0.15) is 0 Å². The molecule has 0 aromatic heterocycles. The third kappa shape index (κ3) is 5.78. The van der Waals surface area contributed by atoms with Crippen LogP contribution in [0.3, 0.4) is 0 Å². The lowest BCUT2D eigenvalue weighted by atomic mass is 10.2. The molecule has 1 N–H and O–H groups in total. The smallest absolute Gasteiger partial charge is 0.351 e. The van der Waals surface area contributed by atoms with Gasteiger partial charge in [0.15, 0.2) is 4.98 Å². The first kappa shape index (κ1) is 16.1. The summed E-state index contributed by atoms with van der Waals surface area (Å²) in [6.07, 6.45) is 0. The molecular weight excluding hydrogens is 254 g/mol. The van der Waals surface area contributed by atoms with E-state index < -0.39 is 0 Å². The number of carbonyl (C=O) groups is 1. The molecule has 6 nitrogen and oxygen atoms in total. The van der Waals surface area contributed by atoms with E-state index in [4.69, 9.17) is 5.39 Å². The van der Waals surface area contributed by atoms with Gasteiger partial charge in [-0.05, 0) is 33.3 Å². The van der Waals surface area contributed by atoms with E-state index in [1.807, 2.05) is 21.1 Å². The van der Waals surface area contributed by atoms with Crippen molar-refractivity contribution in [1.82, 2.24) is 15.1 Å². The normalized spacial score (nSPS) is 10.6. The van der Waals surface area contributed by atoms with Crippen LogP contribution in [0.5, 0.6) is 0 Å². The van der Waals surface area contributed by atoms with Gasteiger partial charge in [0.1, 0.15) is 0 Å². The first-order chi connectivity index (χ1) is 9.52. The summed E-state index contributed by atoms with van der Waals surface area (Å²) in [4.78, 5) is 19.2. The van der Waals surface area contributed by atoms with Gasteiger partial charge < -0.3 is 15.1 Å². The van der Waals surface area contributed by atoms with Crippen molar-refractivity contribution in [2.24, 2.45) is 0 Å². The van der Waals surface area contributed by atoms with E-state index in [-0.39, 0.29) is 5.91 Å². The molecule has 0 spiro atoms. The quantitative estimate of drug-likeness (QED) is 0.765. The van der Waals surface area contributed by atoms with E-state index in [1.54, 1.807) is 24.3 Å². The number of carbonyl (C=O) groups excluding carboxylic acids is 1. The van der Waals surface area contributed by atoms with Crippen molar-refractivity contribution in [2.75, 3.05) is 47.3 Å². The highest BCUT2D eigenvalue weighted by Crippen LogP contribution is 2.12. The Morgan fingerprint density at radius 2 is 1.80 bits per heavy atom. The molecule has 0 bridgehead atoms. The monoisotopic (exact) mass is 276 g/mol. The minimum atomic E-state index is -0.115. The molecule has 108 valence electrons. The van der Waals surface area contributed by atoms with Gasteiger partial charge in [0, 0.05) is 43.9 Å². The zero-order chi connectivity index (χ0) is 15.0. The first-order valence-corrected chi connectivity index (χ1v) is 6.59. The number of nitrogens with zero attached hydrogens (tertiary/aromatic N) is 4. The predicted octanol–water partition coefficient (Wildman–Crippen LogP) is 1.39. The number of hydrogen-bond acceptors (Lipinski definition) is 4. The van der Waals surface area contributed by atoms with Crippen molar-refractivity contribution < 1.29 is 4.79 Å². The van der Waals surface area contributed by atoms with E-state index in [9.17, 15) is 4.79 Å². The lowest BCUT2D eigenvalue weighted by Crippen LogP contribution is -2.36. The average Bonchev–Trinajstić information content (AvgIpc) is 2.45. The fourth-order valence-corrected chi connectivity index (χ4v) is 1.62. The molecule has 1 amide bonds. The maximum atomic E-state index is 11.9. The van der Waals surface area contributed by atoms with Crippen molar-refractivity contribution in [3.8, 4) is 0 Å². The van der Waals surface area contributed by atoms with E-state index >= 15 is 0 Å². The maximum Gasteiger partial charge on any atom is 0.385 e. The highest BCUT2D eigenvalue weighted by atomic mass is 16.1. The molecule has 0 heterocycles. The van der Waals surface area contributed by atoms with Gasteiger partial charge in [-0.25, -0.2) is 0 Å². The van der Waals surface area contributed by atoms with Gasteiger partial charge in [-0.1, -0.05) is 0 Å². The van der Waals surface area contributed by atoms with Crippen molar-refractivity contribution >= 4 is 11.6 Å². The number of nitrogens with one attached hydrogen (secondary N) is 1. The summed E-state index contributed by atoms with van der Waals surface area (Å²) >= 11 is 0. The van der Waals surface area contributed by atoms with Crippen LogP contribution in [0.1, 0.15) is 10.4 Å². The van der Waals surface area contributed by atoms with E-state index in [0.29, 0.717) is 17.8 Å². The molecule has 0 aliphatic rings. The molecule has 1 rings (SSSR count). The third-order valence-electron chi connectivity index (χ3n) is 2.95. The Hall–Kier alpha value is -1.97. The minimum absolute atomic E-state index is 0.115. The fourth-order valence-electron chi connectivity index (χ4n) is 1.62. The second kappa shape index (κ2) is 8.25. The summed E-state index contributed by atoms with van der Waals surface area (Å²) in [6.45, 7) is 3.38. The number of benzene rings is 1. The Balaban J connectivity index is 2.30. The molecule has 1 aromatic rings. The summed E-state index contributed by atoms with van der Waals surface area (Å²) in [5.41, 5.74) is 0.998. The van der Waals surface area contributed by atoms with Gasteiger partial charge in [-0.15, -0.1) is 0 Å². The molecule has 0 fully saturated rings. The Labute approximate surface area is 120 Å².